The second-order valence-corrected chi connectivity index (χ2v) is 9.85. The minimum atomic E-state index is -1.03. The van der Waals surface area contributed by atoms with E-state index in [4.69, 9.17) is 0 Å². The van der Waals surface area contributed by atoms with E-state index in [2.05, 4.69) is 20.7 Å². The molecule has 0 radical (unpaired) electrons. The Labute approximate surface area is 213 Å². The number of phenolic OH excluding ortho intramolecular Hbond substituents is 1. The first kappa shape index (κ1) is 27.1. The maximum atomic E-state index is 13.0. The number of hydrogen-bond donors (Lipinski definition) is 3. The number of imide groups is 3. The molecule has 9 heteroatoms. The minimum Gasteiger partial charge on any atom is -0.507 e. The number of ether oxygens (including phenoxy) is 1. The number of allylic oxidation sites excluding steroid dienone is 2. The van der Waals surface area contributed by atoms with Crippen molar-refractivity contribution in [2.75, 3.05) is 13.7 Å². The van der Waals surface area contributed by atoms with E-state index in [0.29, 0.717) is 41.7 Å². The number of carbonyl (C=O) groups is 3. The van der Waals surface area contributed by atoms with Crippen LogP contribution in [0.25, 0.3) is 6.08 Å². The van der Waals surface area contributed by atoms with Crippen LogP contribution in [0.15, 0.2) is 39.4 Å². The molecule has 1 aliphatic carbocycles. The lowest BCUT2D eigenvalue weighted by Crippen LogP contribution is -2.40. The van der Waals surface area contributed by atoms with Gasteiger partial charge >= 0.3 is 6.09 Å². The van der Waals surface area contributed by atoms with Gasteiger partial charge in [-0.15, -0.1) is 0 Å². The van der Waals surface area contributed by atoms with Crippen LogP contribution in [0.5, 0.6) is 5.75 Å². The highest BCUT2D eigenvalue weighted by Gasteiger charge is 2.56. The van der Waals surface area contributed by atoms with Crippen LogP contribution >= 0.6 is 15.9 Å². The SMILES string of the molecule is CCC1=C([C@H](O)CC/C(=C/c2cc(Br)ccc2O)CC)[C@H](CO)[C@@H]2C(=O)N(C(=O)OC)C(=O)[C@@H]2C1. The third kappa shape index (κ3) is 5.37. The Morgan fingerprint density at radius 2 is 2.00 bits per heavy atom. The van der Waals surface area contributed by atoms with Gasteiger partial charge in [-0.2, -0.15) is 4.90 Å². The molecule has 0 saturated carbocycles. The number of rotatable bonds is 8. The standard InChI is InChI=1S/C26H32BrNO7/c1-4-14(10-16-11-17(27)7-9-20(16)30)6-8-21(31)22-15(5-2)12-18-23(19(22)13-29)25(33)28(24(18)32)26(34)35-3/h7,9-11,18-19,21,23,29-31H,4-6,8,12-13H2,1-3H3/b14-10+/t18-,19+,21-,23-/m1/s1. The van der Waals surface area contributed by atoms with E-state index in [9.17, 15) is 29.7 Å². The van der Waals surface area contributed by atoms with Gasteiger partial charge in [0.1, 0.15) is 5.75 Å². The summed E-state index contributed by atoms with van der Waals surface area (Å²) in [5.74, 6) is -3.57. The number of hydrogen-bond acceptors (Lipinski definition) is 7. The second-order valence-electron chi connectivity index (χ2n) is 8.93. The normalized spacial score (nSPS) is 23.5. The van der Waals surface area contributed by atoms with Gasteiger partial charge in [0, 0.05) is 16.0 Å². The molecule has 1 aliphatic heterocycles. The Morgan fingerprint density at radius 3 is 2.60 bits per heavy atom. The average Bonchev–Trinajstić information content (AvgIpc) is 3.11. The monoisotopic (exact) mass is 549 g/mol. The summed E-state index contributed by atoms with van der Waals surface area (Å²) in [4.78, 5) is 38.4. The maximum absolute atomic E-state index is 13.0. The Morgan fingerprint density at radius 1 is 1.29 bits per heavy atom. The lowest BCUT2D eigenvalue weighted by Gasteiger charge is -2.36. The fourth-order valence-electron chi connectivity index (χ4n) is 5.26. The van der Waals surface area contributed by atoms with Crippen LogP contribution in [0, 0.1) is 17.8 Å². The summed E-state index contributed by atoms with van der Waals surface area (Å²) >= 11 is 3.41. The predicted octanol–water partition coefficient (Wildman–Crippen LogP) is 4.18. The lowest BCUT2D eigenvalue weighted by molar-refractivity contribution is -0.137. The van der Waals surface area contributed by atoms with Crippen molar-refractivity contribution in [1.82, 2.24) is 4.90 Å². The molecule has 35 heavy (non-hydrogen) atoms. The van der Waals surface area contributed by atoms with Crippen LogP contribution < -0.4 is 0 Å². The van der Waals surface area contributed by atoms with Crippen LogP contribution in [-0.4, -0.2) is 57.9 Å². The van der Waals surface area contributed by atoms with Crippen molar-refractivity contribution in [2.24, 2.45) is 17.8 Å². The topological polar surface area (TPSA) is 124 Å². The average molecular weight is 550 g/mol. The molecule has 1 saturated heterocycles. The summed E-state index contributed by atoms with van der Waals surface area (Å²) < 4.78 is 5.45. The zero-order chi connectivity index (χ0) is 25.9. The highest BCUT2D eigenvalue weighted by atomic mass is 79.9. The molecule has 1 aromatic carbocycles. The minimum absolute atomic E-state index is 0.161. The number of aliphatic hydroxyl groups excluding tert-OH is 2. The van der Waals surface area contributed by atoms with Gasteiger partial charge in [-0.25, -0.2) is 4.79 Å². The van der Waals surface area contributed by atoms with Crippen LogP contribution in [0.4, 0.5) is 4.79 Å². The molecule has 1 fully saturated rings. The van der Waals surface area contributed by atoms with Crippen LogP contribution in [-0.2, 0) is 14.3 Å². The zero-order valence-electron chi connectivity index (χ0n) is 20.2. The molecule has 0 bridgehead atoms. The molecule has 2 aliphatic rings. The second kappa shape index (κ2) is 11.5. The summed E-state index contributed by atoms with van der Waals surface area (Å²) in [5, 5.41) is 31.6. The van der Waals surface area contributed by atoms with Gasteiger partial charge in [0.2, 0.25) is 11.8 Å². The van der Waals surface area contributed by atoms with Crippen molar-refractivity contribution >= 4 is 39.9 Å². The van der Waals surface area contributed by atoms with E-state index < -0.39 is 48.4 Å². The number of aromatic hydroxyl groups is 1. The Bertz CT molecular complexity index is 1060. The van der Waals surface area contributed by atoms with Gasteiger partial charge in [-0.1, -0.05) is 47.0 Å². The number of carbonyl (C=O) groups excluding carboxylic acids is 3. The number of likely N-dealkylation sites (tertiary alicyclic amines) is 1. The van der Waals surface area contributed by atoms with Gasteiger partial charge in [0.25, 0.3) is 0 Å². The molecule has 190 valence electrons. The quantitative estimate of drug-likeness (QED) is 0.328. The molecule has 3 rings (SSSR count). The fraction of sp³-hybridized carbons (Fsp3) is 0.500. The fourth-order valence-corrected chi connectivity index (χ4v) is 5.64. The third-order valence-corrected chi connectivity index (χ3v) is 7.56. The van der Waals surface area contributed by atoms with E-state index >= 15 is 0 Å². The van der Waals surface area contributed by atoms with Crippen molar-refractivity contribution in [2.45, 2.75) is 52.1 Å². The largest absolute Gasteiger partial charge is 0.507 e. The Balaban J connectivity index is 1.86. The van der Waals surface area contributed by atoms with Gasteiger partial charge in [-0.05, 0) is 55.9 Å². The number of phenols is 1. The number of halogens is 1. The molecule has 8 nitrogen and oxygen atoms in total. The maximum Gasteiger partial charge on any atom is 0.423 e. The molecular formula is C26H32BrNO7. The van der Waals surface area contributed by atoms with Crippen LogP contribution in [0.2, 0.25) is 0 Å². The summed E-state index contributed by atoms with van der Waals surface area (Å²) in [6.45, 7) is 3.48. The molecule has 0 spiro atoms. The van der Waals surface area contributed by atoms with E-state index in [0.717, 1.165) is 22.7 Å². The summed E-state index contributed by atoms with van der Waals surface area (Å²) in [5.41, 5.74) is 3.11. The van der Waals surface area contributed by atoms with E-state index in [1.54, 1.807) is 12.1 Å². The molecule has 1 aromatic rings. The first-order chi connectivity index (χ1) is 16.7. The van der Waals surface area contributed by atoms with Gasteiger partial charge in [-0.3, -0.25) is 9.59 Å². The van der Waals surface area contributed by atoms with Crippen molar-refractivity contribution in [1.29, 1.82) is 0 Å². The number of aliphatic hydroxyl groups is 2. The smallest absolute Gasteiger partial charge is 0.423 e. The third-order valence-electron chi connectivity index (χ3n) is 7.07. The molecule has 3 amide bonds. The Kier molecular flexibility index (Phi) is 8.90. The molecule has 3 N–H and O–H groups in total. The van der Waals surface area contributed by atoms with E-state index in [1.807, 2.05) is 26.0 Å². The van der Waals surface area contributed by atoms with E-state index in [-0.39, 0.29) is 12.2 Å². The van der Waals surface area contributed by atoms with Crippen molar-refractivity contribution in [3.05, 3.63) is 45.0 Å². The summed E-state index contributed by atoms with van der Waals surface area (Å²) in [6.07, 6.45) is 2.35. The van der Waals surface area contributed by atoms with E-state index in [1.165, 1.54) is 0 Å². The van der Waals surface area contributed by atoms with Gasteiger partial charge < -0.3 is 20.1 Å². The molecule has 1 heterocycles. The number of methoxy groups -OCH3 is 1. The molecular weight excluding hydrogens is 518 g/mol. The number of nitrogens with zero attached hydrogens (tertiary/aromatic N) is 1. The number of fused-ring (bicyclic) bond motifs is 1. The Hall–Kier alpha value is -2.49. The van der Waals surface area contributed by atoms with Crippen LogP contribution in [0.3, 0.4) is 0 Å². The van der Waals surface area contributed by atoms with Crippen LogP contribution in [0.1, 0.15) is 51.5 Å². The predicted molar refractivity (Wildman–Crippen MR) is 133 cm³/mol. The molecule has 0 unspecified atom stereocenters. The number of amides is 3. The molecule has 4 atom stereocenters. The summed E-state index contributed by atoms with van der Waals surface area (Å²) in [6, 6.07) is 5.18. The van der Waals surface area contributed by atoms with Gasteiger partial charge in [0.15, 0.2) is 0 Å². The lowest BCUT2D eigenvalue weighted by atomic mass is 9.67. The van der Waals surface area contributed by atoms with Gasteiger partial charge in [0.05, 0.1) is 31.7 Å². The molecule has 0 aromatic heterocycles. The highest BCUT2D eigenvalue weighted by molar-refractivity contribution is 9.10. The first-order valence-corrected chi connectivity index (χ1v) is 12.6. The van der Waals surface area contributed by atoms with Crippen molar-refractivity contribution < 1.29 is 34.4 Å². The van der Waals surface area contributed by atoms with Crippen molar-refractivity contribution in [3.63, 3.8) is 0 Å². The zero-order valence-corrected chi connectivity index (χ0v) is 21.7. The highest BCUT2D eigenvalue weighted by Crippen LogP contribution is 2.47. The summed E-state index contributed by atoms with van der Waals surface area (Å²) in [7, 11) is 1.10. The number of benzene rings is 1. The van der Waals surface area contributed by atoms with Crippen molar-refractivity contribution in [3.8, 4) is 5.75 Å². The first-order valence-electron chi connectivity index (χ1n) is 11.8.